The van der Waals surface area contributed by atoms with E-state index in [0.29, 0.717) is 32.6 Å². The molecule has 3 N–H and O–H groups in total. The molecule has 0 spiro atoms. The highest BCUT2D eigenvalue weighted by Crippen LogP contribution is 2.29. The van der Waals surface area contributed by atoms with Crippen molar-refractivity contribution < 1.29 is 27.9 Å². The minimum atomic E-state index is -3.36. The topological polar surface area (TPSA) is 128 Å². The molecule has 3 aromatic rings. The van der Waals surface area contributed by atoms with Gasteiger partial charge in [-0.2, -0.15) is 0 Å². The van der Waals surface area contributed by atoms with Gasteiger partial charge in [0.15, 0.2) is 9.84 Å². The minimum Gasteiger partial charge on any atom is -0.445 e. The van der Waals surface area contributed by atoms with Gasteiger partial charge in [-0.3, -0.25) is 14.6 Å². The smallest absolute Gasteiger partial charge is 0.407 e. The van der Waals surface area contributed by atoms with Gasteiger partial charge in [-0.1, -0.05) is 80.6 Å². The Hall–Kier alpha value is -3.51. The highest BCUT2D eigenvalue weighted by atomic mass is 32.2. The first-order valence-corrected chi connectivity index (χ1v) is 19.1. The van der Waals surface area contributed by atoms with Crippen LogP contribution in [0.25, 0.3) is 10.8 Å². The van der Waals surface area contributed by atoms with E-state index in [1.54, 1.807) is 0 Å². The molecule has 0 aliphatic carbocycles. The molecule has 49 heavy (non-hydrogen) atoms. The van der Waals surface area contributed by atoms with Crippen LogP contribution in [0.5, 0.6) is 0 Å². The normalized spacial score (nSPS) is 22.9. The lowest BCUT2D eigenvalue weighted by molar-refractivity contribution is -0.131. The van der Waals surface area contributed by atoms with Crippen LogP contribution < -0.4 is 10.6 Å². The van der Waals surface area contributed by atoms with Gasteiger partial charge in [0.2, 0.25) is 5.91 Å². The van der Waals surface area contributed by atoms with Crippen molar-refractivity contribution in [2.24, 2.45) is 5.92 Å². The van der Waals surface area contributed by atoms with Gasteiger partial charge in [0.25, 0.3) is 0 Å². The fraction of sp³-hybridized carbons (Fsp3) is 0.526. The van der Waals surface area contributed by atoms with Crippen LogP contribution in [0.15, 0.2) is 72.8 Å². The molecule has 0 unspecified atom stereocenters. The molecule has 0 radical (unpaired) electrons. The Morgan fingerprint density at radius 1 is 0.959 bits per heavy atom. The van der Waals surface area contributed by atoms with Crippen LogP contribution >= 0.6 is 0 Å². The average Bonchev–Trinajstić information content (AvgIpc) is 3.34. The van der Waals surface area contributed by atoms with Crippen molar-refractivity contribution >= 4 is 32.6 Å². The van der Waals surface area contributed by atoms with E-state index in [1.165, 1.54) is 16.3 Å². The molecule has 0 saturated carbocycles. The van der Waals surface area contributed by atoms with E-state index >= 15 is 0 Å². The standard InChI is InChI=1S/C38H52N4O6S/c1-26(2)35-34(17-20-49(35,46)47)48-37(45)39-31(22-27-11-7-6-8-12-27)33(43)25-42-19-18-41(24-32(42)36(44)40-38(3,4)5)23-28-15-16-29-13-9-10-14-30(29)21-28/h6-16,21,26,31-35,43H,17-20,22-25H2,1-5H3,(H,39,45)(H,40,44)/t31-,32-,33+,34+,35+/m0/s1. The number of nitrogens with zero attached hydrogens (tertiary/aromatic N) is 2. The Labute approximate surface area is 291 Å². The summed E-state index contributed by atoms with van der Waals surface area (Å²) in [6, 6.07) is 23.0. The maximum atomic E-state index is 13.7. The van der Waals surface area contributed by atoms with Crippen LogP contribution in [0.2, 0.25) is 0 Å². The predicted octanol–water partition coefficient (Wildman–Crippen LogP) is 4.15. The number of hydrogen-bond donors (Lipinski definition) is 3. The molecular weight excluding hydrogens is 641 g/mol. The minimum absolute atomic E-state index is 0.0191. The van der Waals surface area contributed by atoms with Crippen LogP contribution in [0, 0.1) is 5.92 Å². The van der Waals surface area contributed by atoms with Crippen LogP contribution in [-0.2, 0) is 32.3 Å². The molecule has 3 aromatic carbocycles. The number of alkyl carbamates (subject to hydrolysis) is 1. The van der Waals surface area contributed by atoms with Crippen LogP contribution in [-0.4, -0.2) is 102 Å². The molecule has 266 valence electrons. The molecule has 2 saturated heterocycles. The Balaban J connectivity index is 1.31. The van der Waals surface area contributed by atoms with Crippen LogP contribution in [0.4, 0.5) is 4.79 Å². The van der Waals surface area contributed by atoms with E-state index in [2.05, 4.69) is 45.9 Å². The highest BCUT2D eigenvalue weighted by Gasteiger charge is 2.45. The summed E-state index contributed by atoms with van der Waals surface area (Å²) >= 11 is 0. The number of carbonyl (C=O) groups is 2. The van der Waals surface area contributed by atoms with Crippen molar-refractivity contribution in [2.75, 3.05) is 31.9 Å². The molecule has 0 bridgehead atoms. The number of ether oxygens (including phenoxy) is 1. The molecule has 2 aliphatic rings. The van der Waals surface area contributed by atoms with Crippen molar-refractivity contribution in [1.29, 1.82) is 0 Å². The van der Waals surface area contributed by atoms with Gasteiger partial charge in [-0.25, -0.2) is 13.2 Å². The van der Waals surface area contributed by atoms with Gasteiger partial charge >= 0.3 is 6.09 Å². The quantitative estimate of drug-likeness (QED) is 0.274. The SMILES string of the molecule is CC(C)[C@@H]1[C@H](OC(=O)N[C@@H](Cc2ccccc2)[C@H](O)CN2CCN(Cc3ccc4ccccc4c3)C[C@H]2C(=O)NC(C)(C)C)CCS1(=O)=O. The van der Waals surface area contributed by atoms with Gasteiger partial charge in [0.05, 0.1) is 17.9 Å². The first-order valence-electron chi connectivity index (χ1n) is 17.4. The van der Waals surface area contributed by atoms with Crippen molar-refractivity contribution in [3.05, 3.63) is 83.9 Å². The van der Waals surface area contributed by atoms with E-state index in [4.69, 9.17) is 4.74 Å². The molecule has 10 nitrogen and oxygen atoms in total. The van der Waals surface area contributed by atoms with Crippen molar-refractivity contribution in [3.8, 4) is 0 Å². The first-order chi connectivity index (χ1) is 23.2. The molecule has 2 heterocycles. The number of benzene rings is 3. The fourth-order valence-electron chi connectivity index (χ4n) is 7.16. The number of carbonyl (C=O) groups excluding carboxylic acids is 2. The van der Waals surface area contributed by atoms with Crippen molar-refractivity contribution in [1.82, 2.24) is 20.4 Å². The van der Waals surface area contributed by atoms with Gasteiger partial charge in [-0.15, -0.1) is 0 Å². The summed E-state index contributed by atoms with van der Waals surface area (Å²) < 4.78 is 31.0. The lowest BCUT2D eigenvalue weighted by Crippen LogP contribution is -2.63. The maximum absolute atomic E-state index is 13.7. The highest BCUT2D eigenvalue weighted by molar-refractivity contribution is 7.92. The lowest BCUT2D eigenvalue weighted by atomic mass is 9.99. The predicted molar refractivity (Wildman–Crippen MR) is 193 cm³/mol. The lowest BCUT2D eigenvalue weighted by Gasteiger charge is -2.43. The van der Waals surface area contributed by atoms with Crippen molar-refractivity contribution in [2.45, 2.75) is 89.1 Å². The van der Waals surface area contributed by atoms with E-state index in [1.807, 2.05) is 82.0 Å². The number of sulfone groups is 1. The summed E-state index contributed by atoms with van der Waals surface area (Å²) in [6.07, 6.45) is -1.97. The Morgan fingerprint density at radius 3 is 2.35 bits per heavy atom. The van der Waals surface area contributed by atoms with Gasteiger partial charge in [-0.05, 0) is 67.5 Å². The Kier molecular flexibility index (Phi) is 11.7. The number of aliphatic hydroxyl groups is 1. The number of β-amino-alcohol motifs (C(OH)–C–C–N with tert-alkyl or cyclic N) is 1. The molecular formula is C38H52N4O6S. The number of rotatable bonds is 11. The number of hydrogen-bond acceptors (Lipinski definition) is 8. The van der Waals surface area contributed by atoms with E-state index in [-0.39, 0.29) is 30.5 Å². The number of piperazine rings is 1. The number of nitrogens with one attached hydrogen (secondary N) is 2. The third-order valence-corrected chi connectivity index (χ3v) is 11.9. The van der Waals surface area contributed by atoms with Gasteiger partial charge in [0.1, 0.15) is 17.4 Å². The summed E-state index contributed by atoms with van der Waals surface area (Å²) in [7, 11) is -3.36. The summed E-state index contributed by atoms with van der Waals surface area (Å²) in [5.41, 5.74) is 1.64. The Morgan fingerprint density at radius 2 is 1.65 bits per heavy atom. The van der Waals surface area contributed by atoms with Crippen LogP contribution in [0.1, 0.15) is 52.2 Å². The third kappa shape index (κ3) is 9.81. The second kappa shape index (κ2) is 15.6. The second-order valence-corrected chi connectivity index (χ2v) is 17.3. The largest absolute Gasteiger partial charge is 0.445 e. The summed E-state index contributed by atoms with van der Waals surface area (Å²) in [4.78, 5) is 31.3. The summed E-state index contributed by atoms with van der Waals surface area (Å²) in [6.45, 7) is 12.0. The molecule has 5 rings (SSSR count). The molecule has 2 aliphatic heterocycles. The maximum Gasteiger partial charge on any atom is 0.407 e. The van der Waals surface area contributed by atoms with Crippen LogP contribution in [0.3, 0.4) is 0 Å². The first kappa shape index (κ1) is 36.8. The number of fused-ring (bicyclic) bond motifs is 1. The van der Waals surface area contributed by atoms with E-state index in [9.17, 15) is 23.1 Å². The summed E-state index contributed by atoms with van der Waals surface area (Å²) in [5, 5.41) is 19.3. The zero-order valence-corrected chi connectivity index (χ0v) is 30.2. The molecule has 2 amide bonds. The molecule has 11 heteroatoms. The van der Waals surface area contributed by atoms with Gasteiger partial charge in [0, 0.05) is 38.3 Å². The van der Waals surface area contributed by atoms with Gasteiger partial charge < -0.3 is 20.5 Å². The zero-order valence-electron chi connectivity index (χ0n) is 29.3. The monoisotopic (exact) mass is 692 g/mol. The van der Waals surface area contributed by atoms with E-state index in [0.717, 1.165) is 5.56 Å². The second-order valence-electron chi connectivity index (χ2n) is 15.0. The molecule has 5 atom stereocenters. The fourth-order valence-corrected chi connectivity index (χ4v) is 9.48. The molecule has 0 aromatic heterocycles. The number of amides is 2. The molecule has 2 fully saturated rings. The van der Waals surface area contributed by atoms with E-state index < -0.39 is 51.0 Å². The zero-order chi connectivity index (χ0) is 35.3. The van der Waals surface area contributed by atoms with Crippen molar-refractivity contribution in [3.63, 3.8) is 0 Å². The Bertz CT molecular complexity index is 1690. The number of aliphatic hydroxyl groups excluding tert-OH is 1. The average molecular weight is 693 g/mol. The third-order valence-electron chi connectivity index (χ3n) is 9.47. The summed E-state index contributed by atoms with van der Waals surface area (Å²) in [5.74, 6) is -0.335.